The third-order valence-corrected chi connectivity index (χ3v) is 9.17. The van der Waals surface area contributed by atoms with Crippen LogP contribution in [0.5, 0.6) is 0 Å². The molecule has 0 aliphatic carbocycles. The molecular formula is C30H28F3N3O5S2. The summed E-state index contributed by atoms with van der Waals surface area (Å²) in [5.74, 6) is -1.40. The van der Waals surface area contributed by atoms with Crippen LogP contribution >= 0.6 is 11.3 Å². The maximum Gasteiger partial charge on any atom is 0.416 e. The number of thiazole rings is 1. The van der Waals surface area contributed by atoms with Gasteiger partial charge in [-0.05, 0) is 60.4 Å². The van der Waals surface area contributed by atoms with E-state index in [9.17, 15) is 31.2 Å². The number of carbonyl (C=O) groups is 2. The Balaban J connectivity index is 1.44. The van der Waals surface area contributed by atoms with Crippen LogP contribution in [-0.2, 0) is 25.7 Å². The molecule has 0 aliphatic rings. The van der Waals surface area contributed by atoms with Crippen molar-refractivity contribution in [2.45, 2.75) is 37.9 Å². The Hall–Kier alpha value is -4.07. The molecular weight excluding hydrogens is 603 g/mol. The lowest BCUT2D eigenvalue weighted by Crippen LogP contribution is -2.44. The minimum atomic E-state index is -4.44. The lowest BCUT2D eigenvalue weighted by atomic mass is 10.1. The zero-order valence-corrected chi connectivity index (χ0v) is 25.2. The van der Waals surface area contributed by atoms with Crippen molar-refractivity contribution in [1.29, 1.82) is 0 Å². The van der Waals surface area contributed by atoms with E-state index in [2.05, 4.69) is 15.0 Å². The Bertz CT molecular complexity index is 1720. The van der Waals surface area contributed by atoms with Crippen molar-refractivity contribution in [3.63, 3.8) is 0 Å². The van der Waals surface area contributed by atoms with Gasteiger partial charge in [0.05, 0.1) is 23.3 Å². The quantitative estimate of drug-likeness (QED) is 0.203. The van der Waals surface area contributed by atoms with Crippen LogP contribution in [-0.4, -0.2) is 38.4 Å². The van der Waals surface area contributed by atoms with E-state index in [1.54, 1.807) is 57.2 Å². The average molecular weight is 632 g/mol. The van der Waals surface area contributed by atoms with Crippen molar-refractivity contribution in [3.8, 4) is 21.7 Å². The fourth-order valence-corrected chi connectivity index (χ4v) is 6.41. The van der Waals surface area contributed by atoms with Gasteiger partial charge in [-0.3, -0.25) is 9.59 Å². The molecule has 2 N–H and O–H groups in total. The summed E-state index contributed by atoms with van der Waals surface area (Å²) in [6.07, 6.45) is -4.44. The lowest BCUT2D eigenvalue weighted by molar-refractivity contribution is -0.143. The van der Waals surface area contributed by atoms with Crippen LogP contribution in [0.2, 0.25) is 0 Å². The monoisotopic (exact) mass is 631 g/mol. The van der Waals surface area contributed by atoms with Crippen molar-refractivity contribution in [2.75, 3.05) is 12.4 Å². The second kappa shape index (κ2) is 12.7. The number of carbonyl (C=O) groups excluding carboxylic acids is 2. The highest BCUT2D eigenvalue weighted by Crippen LogP contribution is 2.33. The number of nitrogens with one attached hydrogen (secondary N) is 2. The van der Waals surface area contributed by atoms with Gasteiger partial charge in [-0.2, -0.15) is 17.9 Å². The lowest BCUT2D eigenvalue weighted by Gasteiger charge is -2.19. The molecule has 1 heterocycles. The number of hydrogen-bond acceptors (Lipinski definition) is 7. The van der Waals surface area contributed by atoms with Gasteiger partial charge in [0.15, 0.2) is 0 Å². The van der Waals surface area contributed by atoms with E-state index in [-0.39, 0.29) is 10.8 Å². The number of benzene rings is 3. The molecule has 8 nitrogen and oxygen atoms in total. The number of ether oxygens (including phenoxy) is 1. The van der Waals surface area contributed by atoms with E-state index < -0.39 is 39.7 Å². The minimum absolute atomic E-state index is 0.00900. The molecule has 0 saturated heterocycles. The molecule has 0 saturated carbocycles. The summed E-state index contributed by atoms with van der Waals surface area (Å²) in [7, 11) is -2.79. The van der Waals surface area contributed by atoms with Crippen LogP contribution in [0.15, 0.2) is 77.7 Å². The van der Waals surface area contributed by atoms with Gasteiger partial charge in [-0.15, -0.1) is 11.3 Å². The molecule has 43 heavy (non-hydrogen) atoms. The van der Waals surface area contributed by atoms with Gasteiger partial charge in [0, 0.05) is 11.3 Å². The van der Waals surface area contributed by atoms with Gasteiger partial charge in [-0.1, -0.05) is 50.2 Å². The van der Waals surface area contributed by atoms with Crippen molar-refractivity contribution in [3.05, 3.63) is 88.9 Å². The summed E-state index contributed by atoms with van der Waals surface area (Å²) in [5.41, 5.74) is 2.16. The predicted molar refractivity (Wildman–Crippen MR) is 158 cm³/mol. The molecule has 0 aliphatic heterocycles. The van der Waals surface area contributed by atoms with Crippen LogP contribution in [0.3, 0.4) is 0 Å². The van der Waals surface area contributed by atoms with Gasteiger partial charge in [0.25, 0.3) is 5.91 Å². The van der Waals surface area contributed by atoms with Gasteiger partial charge < -0.3 is 10.1 Å². The van der Waals surface area contributed by atoms with E-state index in [0.29, 0.717) is 26.8 Å². The highest BCUT2D eigenvalue weighted by atomic mass is 32.2. The van der Waals surface area contributed by atoms with Crippen molar-refractivity contribution in [1.82, 2.24) is 9.71 Å². The van der Waals surface area contributed by atoms with Gasteiger partial charge in [0.2, 0.25) is 10.0 Å². The summed E-state index contributed by atoms with van der Waals surface area (Å²) in [6, 6.07) is 16.6. The fourth-order valence-electron chi connectivity index (χ4n) is 4.11. The molecule has 0 spiro atoms. The summed E-state index contributed by atoms with van der Waals surface area (Å²) in [4.78, 5) is 29.6. The third-order valence-electron chi connectivity index (χ3n) is 6.51. The van der Waals surface area contributed by atoms with Gasteiger partial charge in [0.1, 0.15) is 15.9 Å². The first-order chi connectivity index (χ1) is 20.2. The van der Waals surface area contributed by atoms with Crippen LogP contribution in [0.25, 0.3) is 21.7 Å². The molecule has 0 unspecified atom stereocenters. The van der Waals surface area contributed by atoms with Gasteiger partial charge in [-0.25, -0.2) is 13.4 Å². The van der Waals surface area contributed by atoms with Crippen LogP contribution in [0.4, 0.5) is 18.9 Å². The zero-order valence-electron chi connectivity index (χ0n) is 23.5. The third kappa shape index (κ3) is 7.48. The number of sulfonamides is 1. The number of esters is 1. The number of rotatable bonds is 9. The molecule has 1 atom stereocenters. The number of aryl methyl sites for hydroxylation is 1. The predicted octanol–water partition coefficient (Wildman–Crippen LogP) is 6.53. The summed E-state index contributed by atoms with van der Waals surface area (Å²) >= 11 is 1.08. The zero-order chi connectivity index (χ0) is 31.5. The van der Waals surface area contributed by atoms with Crippen LogP contribution < -0.4 is 10.0 Å². The molecule has 0 bridgehead atoms. The SMILES string of the molecule is COC(=O)[C@@H](NS(=O)(=O)c1ccc(-c2ccc(NC(=O)c3sc(-c4ccc(C(F)(F)F)cc4)nc3C)cc2)cc1)C(C)C. The maximum absolute atomic E-state index is 13.0. The number of aromatic nitrogens is 1. The smallest absolute Gasteiger partial charge is 0.416 e. The molecule has 3 aromatic carbocycles. The Morgan fingerprint density at radius 1 is 0.884 bits per heavy atom. The number of alkyl halides is 3. The molecule has 4 aromatic rings. The molecule has 13 heteroatoms. The summed E-state index contributed by atoms with van der Waals surface area (Å²) < 4.78 is 71.4. The number of methoxy groups -OCH3 is 1. The van der Waals surface area contributed by atoms with Gasteiger partial charge >= 0.3 is 12.1 Å². The Morgan fingerprint density at radius 3 is 1.93 bits per heavy atom. The molecule has 0 fully saturated rings. The van der Waals surface area contributed by atoms with E-state index in [4.69, 9.17) is 4.74 Å². The Kier molecular flexibility index (Phi) is 9.38. The largest absolute Gasteiger partial charge is 0.468 e. The molecule has 226 valence electrons. The molecule has 4 rings (SSSR count). The highest BCUT2D eigenvalue weighted by molar-refractivity contribution is 7.89. The standard InChI is InChI=1S/C30H28F3N3O5S2/c1-17(2)25(29(38)41-4)36-43(39,40)24-15-9-20(10-16-24)19-7-13-23(14-8-19)35-27(37)26-18(3)34-28(42-26)21-5-11-22(12-6-21)30(31,32)33/h5-17,25,36H,1-4H3,(H,35,37)/t25-/m0/s1. The first kappa shape index (κ1) is 31.9. The number of nitrogens with zero attached hydrogens (tertiary/aromatic N) is 1. The average Bonchev–Trinajstić information content (AvgIpc) is 3.37. The maximum atomic E-state index is 13.0. The molecule has 0 radical (unpaired) electrons. The molecule has 1 aromatic heterocycles. The number of anilines is 1. The summed E-state index contributed by atoms with van der Waals surface area (Å²) in [6.45, 7) is 5.07. The van der Waals surface area contributed by atoms with Crippen LogP contribution in [0, 0.1) is 12.8 Å². The second-order valence-electron chi connectivity index (χ2n) is 9.93. The van der Waals surface area contributed by atoms with E-state index in [0.717, 1.165) is 34.6 Å². The second-order valence-corrected chi connectivity index (χ2v) is 12.6. The fraction of sp³-hybridized carbons (Fsp3) is 0.233. The number of amides is 1. The van der Waals surface area contributed by atoms with Crippen molar-refractivity contribution < 1.29 is 35.9 Å². The van der Waals surface area contributed by atoms with Crippen molar-refractivity contribution >= 4 is 38.9 Å². The minimum Gasteiger partial charge on any atom is -0.468 e. The number of hydrogen-bond donors (Lipinski definition) is 2. The first-order valence-electron chi connectivity index (χ1n) is 13.0. The van der Waals surface area contributed by atoms with E-state index in [1.807, 2.05) is 0 Å². The normalized spacial score (nSPS) is 12.7. The van der Waals surface area contributed by atoms with E-state index >= 15 is 0 Å². The van der Waals surface area contributed by atoms with Crippen LogP contribution in [0.1, 0.15) is 34.8 Å². The first-order valence-corrected chi connectivity index (χ1v) is 15.3. The summed E-state index contributed by atoms with van der Waals surface area (Å²) in [5, 5.41) is 3.23. The van der Waals surface area contributed by atoms with E-state index in [1.165, 1.54) is 31.4 Å². The van der Waals surface area contributed by atoms with Crippen molar-refractivity contribution in [2.24, 2.45) is 5.92 Å². The Labute approximate surface area is 251 Å². The topological polar surface area (TPSA) is 114 Å². The molecule has 1 amide bonds. The Morgan fingerprint density at radius 2 is 1.42 bits per heavy atom. The number of halogens is 3. The highest BCUT2D eigenvalue weighted by Gasteiger charge is 2.31.